The number of nitrogen functional groups attached to an aromatic ring is 1. The van der Waals surface area contributed by atoms with Gasteiger partial charge < -0.3 is 10.6 Å². The molecule has 7 heteroatoms. The molecule has 0 spiro atoms. The normalized spacial score (nSPS) is 20.4. The summed E-state index contributed by atoms with van der Waals surface area (Å²) in [7, 11) is -2.90. The minimum absolute atomic E-state index is 0.156. The van der Waals surface area contributed by atoms with Crippen LogP contribution in [0.3, 0.4) is 0 Å². The molecule has 1 aromatic rings. The van der Waals surface area contributed by atoms with Crippen LogP contribution in [-0.2, 0) is 9.84 Å². The van der Waals surface area contributed by atoms with Crippen LogP contribution in [-0.4, -0.2) is 43.0 Å². The maximum Gasteiger partial charge on any atom is 0.171 e. The van der Waals surface area contributed by atoms with Crippen molar-refractivity contribution in [2.24, 2.45) is 0 Å². The summed E-state index contributed by atoms with van der Waals surface area (Å²) in [5, 5.41) is 0. The first-order valence-corrected chi connectivity index (χ1v) is 6.92. The van der Waals surface area contributed by atoms with Crippen LogP contribution >= 0.6 is 0 Å². The molecule has 2 rings (SSSR count). The standard InChI is InChI=1S/C9H14N4O2S/c10-8-9(12-3-2-11-8)13-4-1-6-16(14,15)7-5-13/h2-3H,1,4-7H2,(H2,10,11). The van der Waals surface area contributed by atoms with Gasteiger partial charge in [-0.3, -0.25) is 0 Å². The third kappa shape index (κ3) is 2.41. The lowest BCUT2D eigenvalue weighted by Crippen LogP contribution is -2.28. The highest BCUT2D eigenvalue weighted by Crippen LogP contribution is 2.18. The summed E-state index contributed by atoms with van der Waals surface area (Å²) in [6.07, 6.45) is 3.69. The lowest BCUT2D eigenvalue weighted by molar-refractivity contribution is 0.597. The Morgan fingerprint density at radius 3 is 2.69 bits per heavy atom. The summed E-state index contributed by atoms with van der Waals surface area (Å²) >= 11 is 0. The van der Waals surface area contributed by atoms with Crippen LogP contribution in [0.25, 0.3) is 0 Å². The average Bonchev–Trinajstić information content (AvgIpc) is 2.40. The fourth-order valence-corrected chi connectivity index (χ4v) is 3.01. The van der Waals surface area contributed by atoms with Crippen LogP contribution in [0.15, 0.2) is 12.4 Å². The smallest absolute Gasteiger partial charge is 0.171 e. The van der Waals surface area contributed by atoms with Gasteiger partial charge in [0.15, 0.2) is 21.5 Å². The van der Waals surface area contributed by atoms with Crippen molar-refractivity contribution in [3.05, 3.63) is 12.4 Å². The highest BCUT2D eigenvalue weighted by Gasteiger charge is 2.21. The molecule has 1 aromatic heterocycles. The molecule has 1 aliphatic rings. The molecule has 88 valence electrons. The maximum absolute atomic E-state index is 11.4. The van der Waals surface area contributed by atoms with E-state index in [-0.39, 0.29) is 11.5 Å². The molecular weight excluding hydrogens is 228 g/mol. The first-order chi connectivity index (χ1) is 7.58. The Balaban J connectivity index is 2.20. The predicted molar refractivity (Wildman–Crippen MR) is 61.9 cm³/mol. The quantitative estimate of drug-likeness (QED) is 0.726. The van der Waals surface area contributed by atoms with E-state index in [4.69, 9.17) is 5.73 Å². The number of hydrogen-bond donors (Lipinski definition) is 1. The molecule has 16 heavy (non-hydrogen) atoms. The number of rotatable bonds is 1. The number of sulfone groups is 1. The van der Waals surface area contributed by atoms with Gasteiger partial charge in [-0.05, 0) is 6.42 Å². The fraction of sp³-hybridized carbons (Fsp3) is 0.556. The Hall–Kier alpha value is -1.37. The Morgan fingerprint density at radius 2 is 1.94 bits per heavy atom. The highest BCUT2D eigenvalue weighted by molar-refractivity contribution is 7.91. The molecule has 0 aromatic carbocycles. The van der Waals surface area contributed by atoms with Crippen molar-refractivity contribution in [1.82, 2.24) is 9.97 Å². The zero-order valence-corrected chi connectivity index (χ0v) is 9.65. The van der Waals surface area contributed by atoms with Crippen molar-refractivity contribution in [3.63, 3.8) is 0 Å². The van der Waals surface area contributed by atoms with Gasteiger partial charge in [-0.2, -0.15) is 0 Å². The van der Waals surface area contributed by atoms with E-state index in [9.17, 15) is 8.42 Å². The SMILES string of the molecule is Nc1nccnc1N1CCCS(=O)(=O)CC1. The number of nitrogens with two attached hydrogens (primary N) is 1. The second kappa shape index (κ2) is 4.25. The average molecular weight is 242 g/mol. The van der Waals surface area contributed by atoms with E-state index < -0.39 is 9.84 Å². The summed E-state index contributed by atoms with van der Waals surface area (Å²) in [4.78, 5) is 9.96. The van der Waals surface area contributed by atoms with Gasteiger partial charge in [0.25, 0.3) is 0 Å². The molecule has 1 aliphatic heterocycles. The first kappa shape index (κ1) is 11.1. The Labute approximate surface area is 94.4 Å². The van der Waals surface area contributed by atoms with Gasteiger partial charge in [0.1, 0.15) is 0 Å². The minimum Gasteiger partial charge on any atom is -0.381 e. The molecule has 0 radical (unpaired) electrons. The van der Waals surface area contributed by atoms with E-state index in [0.29, 0.717) is 31.1 Å². The van der Waals surface area contributed by atoms with Gasteiger partial charge >= 0.3 is 0 Å². The monoisotopic (exact) mass is 242 g/mol. The summed E-state index contributed by atoms with van der Waals surface area (Å²) in [6, 6.07) is 0. The lowest BCUT2D eigenvalue weighted by atomic mass is 10.4. The highest BCUT2D eigenvalue weighted by atomic mass is 32.2. The van der Waals surface area contributed by atoms with Crippen LogP contribution in [0.4, 0.5) is 11.6 Å². The number of nitrogens with zero attached hydrogens (tertiary/aromatic N) is 3. The van der Waals surface area contributed by atoms with Gasteiger partial charge in [-0.1, -0.05) is 0 Å². The van der Waals surface area contributed by atoms with Crippen molar-refractivity contribution in [3.8, 4) is 0 Å². The van der Waals surface area contributed by atoms with Crippen molar-refractivity contribution in [1.29, 1.82) is 0 Å². The molecule has 2 heterocycles. The number of anilines is 2. The van der Waals surface area contributed by atoms with E-state index in [1.165, 1.54) is 6.20 Å². The molecule has 6 nitrogen and oxygen atoms in total. The Bertz CT molecular complexity index is 474. The number of aromatic nitrogens is 2. The first-order valence-electron chi connectivity index (χ1n) is 5.10. The molecular formula is C9H14N4O2S. The van der Waals surface area contributed by atoms with Crippen molar-refractivity contribution in [2.75, 3.05) is 35.2 Å². The Kier molecular flexibility index (Phi) is 2.95. The zero-order chi connectivity index (χ0) is 11.6. The van der Waals surface area contributed by atoms with Crippen molar-refractivity contribution >= 4 is 21.5 Å². The maximum atomic E-state index is 11.4. The van der Waals surface area contributed by atoms with E-state index in [1.807, 2.05) is 4.90 Å². The van der Waals surface area contributed by atoms with E-state index >= 15 is 0 Å². The molecule has 2 N–H and O–H groups in total. The van der Waals surface area contributed by atoms with E-state index in [2.05, 4.69) is 9.97 Å². The largest absolute Gasteiger partial charge is 0.381 e. The number of hydrogen-bond acceptors (Lipinski definition) is 6. The Morgan fingerprint density at radius 1 is 1.19 bits per heavy atom. The summed E-state index contributed by atoms with van der Waals surface area (Å²) < 4.78 is 22.9. The minimum atomic E-state index is -2.90. The van der Waals surface area contributed by atoms with Gasteiger partial charge in [0.05, 0.1) is 11.5 Å². The molecule has 1 saturated heterocycles. The molecule has 0 aliphatic carbocycles. The van der Waals surface area contributed by atoms with Gasteiger partial charge in [-0.15, -0.1) is 0 Å². The molecule has 0 unspecified atom stereocenters. The van der Waals surface area contributed by atoms with Crippen molar-refractivity contribution in [2.45, 2.75) is 6.42 Å². The third-order valence-electron chi connectivity index (χ3n) is 2.56. The van der Waals surface area contributed by atoms with E-state index in [0.717, 1.165) is 0 Å². The second-order valence-electron chi connectivity index (χ2n) is 3.76. The zero-order valence-electron chi connectivity index (χ0n) is 8.83. The van der Waals surface area contributed by atoms with Crippen LogP contribution in [0.5, 0.6) is 0 Å². The topological polar surface area (TPSA) is 89.2 Å². The van der Waals surface area contributed by atoms with Crippen molar-refractivity contribution < 1.29 is 8.42 Å². The fourth-order valence-electron chi connectivity index (χ4n) is 1.74. The van der Waals surface area contributed by atoms with Gasteiger partial charge in [-0.25, -0.2) is 18.4 Å². The molecule has 0 saturated carbocycles. The summed E-state index contributed by atoms with van der Waals surface area (Å²) in [6.45, 7) is 1.09. The third-order valence-corrected chi connectivity index (χ3v) is 4.28. The predicted octanol–water partition coefficient (Wildman–Crippen LogP) is -0.316. The summed E-state index contributed by atoms with van der Waals surface area (Å²) in [5.74, 6) is 1.33. The van der Waals surface area contributed by atoms with E-state index in [1.54, 1.807) is 6.20 Å². The molecule has 0 amide bonds. The lowest BCUT2D eigenvalue weighted by Gasteiger charge is -2.21. The van der Waals surface area contributed by atoms with Gasteiger partial charge in [0, 0.05) is 25.5 Å². The van der Waals surface area contributed by atoms with Crippen LogP contribution in [0.1, 0.15) is 6.42 Å². The molecule has 0 atom stereocenters. The molecule has 0 bridgehead atoms. The molecule has 1 fully saturated rings. The summed E-state index contributed by atoms with van der Waals surface area (Å²) in [5.41, 5.74) is 5.71. The van der Waals surface area contributed by atoms with Gasteiger partial charge in [0.2, 0.25) is 0 Å². The second-order valence-corrected chi connectivity index (χ2v) is 6.06. The van der Waals surface area contributed by atoms with Crippen LogP contribution < -0.4 is 10.6 Å². The van der Waals surface area contributed by atoms with Crippen LogP contribution in [0, 0.1) is 0 Å². The van der Waals surface area contributed by atoms with Crippen LogP contribution in [0.2, 0.25) is 0 Å².